The van der Waals surface area contributed by atoms with Gasteiger partial charge in [0.2, 0.25) is 0 Å². The van der Waals surface area contributed by atoms with Gasteiger partial charge >= 0.3 is 0 Å². The SMILES string of the molecule is CNc1c(C)cc(C(C)(C)C)cc1C. The summed E-state index contributed by atoms with van der Waals surface area (Å²) in [6.45, 7) is 11.1. The van der Waals surface area contributed by atoms with Gasteiger partial charge in [-0.1, -0.05) is 32.9 Å². The van der Waals surface area contributed by atoms with Crippen molar-refractivity contribution in [2.24, 2.45) is 0 Å². The van der Waals surface area contributed by atoms with Crippen molar-refractivity contribution in [3.8, 4) is 0 Å². The molecule has 0 spiro atoms. The molecule has 0 amide bonds. The topological polar surface area (TPSA) is 12.0 Å². The Balaban J connectivity index is 3.28. The van der Waals surface area contributed by atoms with Crippen molar-refractivity contribution in [1.29, 1.82) is 0 Å². The zero-order valence-electron chi connectivity index (χ0n) is 10.2. The van der Waals surface area contributed by atoms with Crippen LogP contribution < -0.4 is 5.32 Å². The van der Waals surface area contributed by atoms with E-state index in [1.165, 1.54) is 22.4 Å². The van der Waals surface area contributed by atoms with Gasteiger partial charge in [-0.15, -0.1) is 0 Å². The lowest BCUT2D eigenvalue weighted by Gasteiger charge is -2.22. The van der Waals surface area contributed by atoms with E-state index in [4.69, 9.17) is 0 Å². The monoisotopic (exact) mass is 191 g/mol. The van der Waals surface area contributed by atoms with Gasteiger partial charge in [-0.25, -0.2) is 0 Å². The molecule has 0 fully saturated rings. The van der Waals surface area contributed by atoms with Crippen molar-refractivity contribution in [2.45, 2.75) is 40.0 Å². The maximum absolute atomic E-state index is 3.24. The minimum Gasteiger partial charge on any atom is -0.388 e. The molecule has 1 aromatic carbocycles. The van der Waals surface area contributed by atoms with Gasteiger partial charge < -0.3 is 5.32 Å². The Kier molecular flexibility index (Phi) is 2.89. The van der Waals surface area contributed by atoms with Gasteiger partial charge in [-0.3, -0.25) is 0 Å². The number of anilines is 1. The summed E-state index contributed by atoms with van der Waals surface area (Å²) in [5.41, 5.74) is 5.57. The summed E-state index contributed by atoms with van der Waals surface area (Å²) in [4.78, 5) is 0. The standard InChI is InChI=1S/C13H21N/c1-9-7-11(13(3,4)5)8-10(2)12(9)14-6/h7-8,14H,1-6H3. The maximum atomic E-state index is 3.24. The summed E-state index contributed by atoms with van der Waals surface area (Å²) < 4.78 is 0. The van der Waals surface area contributed by atoms with Crippen LogP contribution in [-0.4, -0.2) is 7.05 Å². The van der Waals surface area contributed by atoms with Crippen LogP contribution in [0.15, 0.2) is 12.1 Å². The Hall–Kier alpha value is -0.980. The van der Waals surface area contributed by atoms with Crippen LogP contribution in [0, 0.1) is 13.8 Å². The van der Waals surface area contributed by atoms with Crippen LogP contribution in [0.4, 0.5) is 5.69 Å². The molecule has 14 heavy (non-hydrogen) atoms. The fraction of sp³-hybridized carbons (Fsp3) is 0.538. The average Bonchev–Trinajstić information content (AvgIpc) is 2.01. The Morgan fingerprint density at radius 1 is 1.00 bits per heavy atom. The van der Waals surface area contributed by atoms with E-state index in [9.17, 15) is 0 Å². The van der Waals surface area contributed by atoms with Crippen molar-refractivity contribution < 1.29 is 0 Å². The first kappa shape index (κ1) is 11.1. The molecular weight excluding hydrogens is 170 g/mol. The van der Waals surface area contributed by atoms with Gasteiger partial charge in [-0.2, -0.15) is 0 Å². The first-order chi connectivity index (χ1) is 6.36. The van der Waals surface area contributed by atoms with Crippen LogP contribution in [0.25, 0.3) is 0 Å². The molecule has 78 valence electrons. The van der Waals surface area contributed by atoms with E-state index in [0.29, 0.717) is 0 Å². The molecule has 1 aromatic rings. The summed E-state index contributed by atoms with van der Waals surface area (Å²) in [5.74, 6) is 0. The molecule has 0 saturated carbocycles. The average molecular weight is 191 g/mol. The summed E-state index contributed by atoms with van der Waals surface area (Å²) in [6, 6.07) is 4.55. The molecule has 0 aliphatic carbocycles. The largest absolute Gasteiger partial charge is 0.388 e. The van der Waals surface area contributed by atoms with Crippen molar-refractivity contribution in [3.63, 3.8) is 0 Å². The Morgan fingerprint density at radius 2 is 1.43 bits per heavy atom. The number of hydrogen-bond acceptors (Lipinski definition) is 1. The number of nitrogens with one attached hydrogen (secondary N) is 1. The van der Waals surface area contributed by atoms with Crippen molar-refractivity contribution in [3.05, 3.63) is 28.8 Å². The van der Waals surface area contributed by atoms with Crippen LogP contribution in [-0.2, 0) is 5.41 Å². The highest BCUT2D eigenvalue weighted by molar-refractivity contribution is 5.58. The third-order valence-electron chi connectivity index (χ3n) is 2.65. The second kappa shape index (κ2) is 3.64. The highest BCUT2D eigenvalue weighted by Crippen LogP contribution is 2.29. The maximum Gasteiger partial charge on any atom is 0.0397 e. The molecule has 1 nitrogen and oxygen atoms in total. The highest BCUT2D eigenvalue weighted by Gasteiger charge is 2.15. The second-order valence-electron chi connectivity index (χ2n) is 4.99. The van der Waals surface area contributed by atoms with E-state index in [0.717, 1.165) is 0 Å². The quantitative estimate of drug-likeness (QED) is 0.714. The van der Waals surface area contributed by atoms with E-state index >= 15 is 0 Å². The summed E-state index contributed by atoms with van der Waals surface area (Å²) in [7, 11) is 1.98. The van der Waals surface area contributed by atoms with Gasteiger partial charge in [-0.05, 0) is 36.0 Å². The van der Waals surface area contributed by atoms with E-state index in [2.05, 4.69) is 52.1 Å². The Labute approximate surface area is 87.5 Å². The molecule has 0 aliphatic heterocycles. The van der Waals surface area contributed by atoms with Crippen molar-refractivity contribution in [2.75, 3.05) is 12.4 Å². The van der Waals surface area contributed by atoms with E-state index in [-0.39, 0.29) is 5.41 Å². The van der Waals surface area contributed by atoms with Gasteiger partial charge in [0.15, 0.2) is 0 Å². The Morgan fingerprint density at radius 3 is 1.71 bits per heavy atom. The van der Waals surface area contributed by atoms with Crippen molar-refractivity contribution >= 4 is 5.69 Å². The zero-order chi connectivity index (χ0) is 10.9. The van der Waals surface area contributed by atoms with E-state index in [1.807, 2.05) is 7.05 Å². The minimum atomic E-state index is 0.238. The number of benzene rings is 1. The number of aryl methyl sites for hydroxylation is 2. The molecular formula is C13H21N. The molecule has 1 heteroatoms. The molecule has 0 heterocycles. The molecule has 1 rings (SSSR count). The predicted octanol–water partition coefficient (Wildman–Crippen LogP) is 3.64. The highest BCUT2D eigenvalue weighted by atomic mass is 14.8. The normalized spacial score (nSPS) is 11.6. The first-order valence-electron chi connectivity index (χ1n) is 5.15. The van der Waals surface area contributed by atoms with Gasteiger partial charge in [0.25, 0.3) is 0 Å². The minimum absolute atomic E-state index is 0.238. The molecule has 1 N–H and O–H groups in total. The van der Waals surface area contributed by atoms with Crippen LogP contribution in [0.1, 0.15) is 37.5 Å². The van der Waals surface area contributed by atoms with E-state index < -0.39 is 0 Å². The van der Waals surface area contributed by atoms with Gasteiger partial charge in [0.05, 0.1) is 0 Å². The fourth-order valence-electron chi connectivity index (χ4n) is 1.79. The lowest BCUT2D eigenvalue weighted by Crippen LogP contribution is -2.12. The molecule has 0 aliphatic rings. The lowest BCUT2D eigenvalue weighted by molar-refractivity contribution is 0.589. The third-order valence-corrected chi connectivity index (χ3v) is 2.65. The number of hydrogen-bond donors (Lipinski definition) is 1. The Bertz CT molecular complexity index is 309. The van der Waals surface area contributed by atoms with Crippen LogP contribution in [0.5, 0.6) is 0 Å². The summed E-state index contributed by atoms with van der Waals surface area (Å²) in [5, 5.41) is 3.24. The second-order valence-corrected chi connectivity index (χ2v) is 4.99. The molecule has 0 bridgehead atoms. The third kappa shape index (κ3) is 2.09. The molecule has 0 aromatic heterocycles. The van der Waals surface area contributed by atoms with Crippen LogP contribution >= 0.6 is 0 Å². The molecule has 0 radical (unpaired) electrons. The first-order valence-corrected chi connectivity index (χ1v) is 5.15. The summed E-state index contributed by atoms with van der Waals surface area (Å²) in [6.07, 6.45) is 0. The molecule has 0 saturated heterocycles. The lowest BCUT2D eigenvalue weighted by atomic mass is 9.85. The summed E-state index contributed by atoms with van der Waals surface area (Å²) >= 11 is 0. The zero-order valence-corrected chi connectivity index (χ0v) is 10.2. The predicted molar refractivity (Wildman–Crippen MR) is 64.2 cm³/mol. The number of rotatable bonds is 1. The smallest absolute Gasteiger partial charge is 0.0397 e. The van der Waals surface area contributed by atoms with Crippen LogP contribution in [0.3, 0.4) is 0 Å². The fourth-order valence-corrected chi connectivity index (χ4v) is 1.79. The van der Waals surface area contributed by atoms with Gasteiger partial charge in [0.1, 0.15) is 0 Å². The van der Waals surface area contributed by atoms with Crippen molar-refractivity contribution in [1.82, 2.24) is 0 Å². The van der Waals surface area contributed by atoms with Crippen LogP contribution in [0.2, 0.25) is 0 Å². The molecule has 0 unspecified atom stereocenters. The van der Waals surface area contributed by atoms with Gasteiger partial charge in [0, 0.05) is 12.7 Å². The molecule has 0 atom stereocenters. The van der Waals surface area contributed by atoms with E-state index in [1.54, 1.807) is 0 Å².